The van der Waals surface area contributed by atoms with Crippen molar-refractivity contribution in [2.24, 2.45) is 5.92 Å². The molecule has 0 heterocycles. The maximum atomic E-state index is 5.80. The van der Waals surface area contributed by atoms with Crippen molar-refractivity contribution in [3.05, 3.63) is 35.9 Å². The van der Waals surface area contributed by atoms with Gasteiger partial charge in [-0.3, -0.25) is 4.84 Å². The van der Waals surface area contributed by atoms with Gasteiger partial charge in [-0.25, -0.2) is 0 Å². The van der Waals surface area contributed by atoms with Crippen LogP contribution in [0.25, 0.3) is 0 Å². The second-order valence-corrected chi connectivity index (χ2v) is 5.28. The largest absolute Gasteiger partial charge is 0.294 e. The highest BCUT2D eigenvalue weighted by molar-refractivity contribution is 5.16. The summed E-state index contributed by atoms with van der Waals surface area (Å²) in [7, 11) is 0. The van der Waals surface area contributed by atoms with Gasteiger partial charge in [0.25, 0.3) is 0 Å². The van der Waals surface area contributed by atoms with Crippen LogP contribution in [-0.2, 0) is 4.84 Å². The number of hydroxylamine groups is 1. The Morgan fingerprint density at radius 3 is 2.33 bits per heavy atom. The van der Waals surface area contributed by atoms with E-state index in [1.807, 2.05) is 18.2 Å². The molecule has 0 aliphatic heterocycles. The van der Waals surface area contributed by atoms with Crippen molar-refractivity contribution in [3.63, 3.8) is 0 Å². The molecule has 2 unspecified atom stereocenters. The van der Waals surface area contributed by atoms with Crippen LogP contribution >= 0.6 is 0 Å². The summed E-state index contributed by atoms with van der Waals surface area (Å²) in [4.78, 5) is 5.80. The minimum absolute atomic E-state index is 0.0917. The van der Waals surface area contributed by atoms with Gasteiger partial charge in [-0.05, 0) is 24.8 Å². The van der Waals surface area contributed by atoms with E-state index in [4.69, 9.17) is 4.84 Å². The van der Waals surface area contributed by atoms with Crippen LogP contribution in [0.4, 0.5) is 0 Å². The van der Waals surface area contributed by atoms with E-state index in [0.29, 0.717) is 12.0 Å². The predicted molar refractivity (Wildman–Crippen MR) is 77.2 cm³/mol. The van der Waals surface area contributed by atoms with Gasteiger partial charge in [0.05, 0.1) is 0 Å². The Labute approximate surface area is 112 Å². The lowest BCUT2D eigenvalue weighted by molar-refractivity contribution is -0.0469. The SMILES string of the molecule is CCCCC(NOC(C)c1ccccc1)C(C)C. The van der Waals surface area contributed by atoms with Crippen LogP contribution in [0, 0.1) is 5.92 Å². The molecule has 2 nitrogen and oxygen atoms in total. The second-order valence-electron chi connectivity index (χ2n) is 5.28. The average molecular weight is 249 g/mol. The second kappa shape index (κ2) is 8.28. The molecule has 102 valence electrons. The number of nitrogens with one attached hydrogen (secondary N) is 1. The Kier molecular flexibility index (Phi) is 6.99. The summed E-state index contributed by atoms with van der Waals surface area (Å²) < 4.78 is 0. The quantitative estimate of drug-likeness (QED) is 0.686. The van der Waals surface area contributed by atoms with Gasteiger partial charge in [-0.1, -0.05) is 63.9 Å². The molecular weight excluding hydrogens is 222 g/mol. The van der Waals surface area contributed by atoms with Crippen molar-refractivity contribution in [3.8, 4) is 0 Å². The normalized spacial score (nSPS) is 14.7. The van der Waals surface area contributed by atoms with Crippen LogP contribution in [0.1, 0.15) is 58.6 Å². The molecule has 0 amide bonds. The third kappa shape index (κ3) is 5.19. The van der Waals surface area contributed by atoms with Gasteiger partial charge in [0, 0.05) is 6.04 Å². The molecule has 2 heteroatoms. The number of rotatable bonds is 8. The van der Waals surface area contributed by atoms with Crippen molar-refractivity contribution >= 4 is 0 Å². The smallest absolute Gasteiger partial charge is 0.101 e. The summed E-state index contributed by atoms with van der Waals surface area (Å²) in [5, 5.41) is 0. The lowest BCUT2D eigenvalue weighted by Crippen LogP contribution is -2.34. The lowest BCUT2D eigenvalue weighted by Gasteiger charge is -2.24. The Hall–Kier alpha value is -0.860. The fourth-order valence-corrected chi connectivity index (χ4v) is 1.93. The maximum Gasteiger partial charge on any atom is 0.101 e. The van der Waals surface area contributed by atoms with E-state index in [1.54, 1.807) is 0 Å². The lowest BCUT2D eigenvalue weighted by atomic mass is 9.99. The third-order valence-corrected chi connectivity index (χ3v) is 3.34. The van der Waals surface area contributed by atoms with Crippen LogP contribution in [0.5, 0.6) is 0 Å². The number of hydrogen-bond donors (Lipinski definition) is 1. The first-order valence-electron chi connectivity index (χ1n) is 7.11. The average Bonchev–Trinajstić information content (AvgIpc) is 2.39. The van der Waals surface area contributed by atoms with Gasteiger partial charge in [0.15, 0.2) is 0 Å². The van der Waals surface area contributed by atoms with Gasteiger partial charge in [-0.15, -0.1) is 0 Å². The van der Waals surface area contributed by atoms with Crippen LogP contribution in [0.15, 0.2) is 30.3 Å². The monoisotopic (exact) mass is 249 g/mol. The van der Waals surface area contributed by atoms with Crippen LogP contribution < -0.4 is 5.48 Å². The Morgan fingerprint density at radius 2 is 1.78 bits per heavy atom. The fraction of sp³-hybridized carbons (Fsp3) is 0.625. The van der Waals surface area contributed by atoms with E-state index < -0.39 is 0 Å². The van der Waals surface area contributed by atoms with E-state index in [2.05, 4.69) is 45.3 Å². The maximum absolute atomic E-state index is 5.80. The zero-order chi connectivity index (χ0) is 13.4. The summed E-state index contributed by atoms with van der Waals surface area (Å²) in [6, 6.07) is 10.8. The fourth-order valence-electron chi connectivity index (χ4n) is 1.93. The van der Waals surface area contributed by atoms with Crippen molar-refractivity contribution in [1.82, 2.24) is 5.48 Å². The summed E-state index contributed by atoms with van der Waals surface area (Å²) in [6.07, 6.45) is 3.75. The zero-order valence-electron chi connectivity index (χ0n) is 12.1. The van der Waals surface area contributed by atoms with E-state index in [1.165, 1.54) is 24.8 Å². The van der Waals surface area contributed by atoms with Crippen molar-refractivity contribution in [2.45, 2.75) is 59.1 Å². The minimum atomic E-state index is 0.0917. The molecule has 0 fully saturated rings. The van der Waals surface area contributed by atoms with Crippen molar-refractivity contribution in [1.29, 1.82) is 0 Å². The molecule has 1 rings (SSSR count). The molecule has 0 aliphatic carbocycles. The first-order valence-corrected chi connectivity index (χ1v) is 7.11. The number of benzene rings is 1. The van der Waals surface area contributed by atoms with Crippen LogP contribution in [0.2, 0.25) is 0 Å². The van der Waals surface area contributed by atoms with Gasteiger partial charge >= 0.3 is 0 Å². The van der Waals surface area contributed by atoms with E-state index in [-0.39, 0.29) is 6.10 Å². The van der Waals surface area contributed by atoms with E-state index in [0.717, 1.165) is 0 Å². The molecule has 0 radical (unpaired) electrons. The highest BCUT2D eigenvalue weighted by Crippen LogP contribution is 2.17. The third-order valence-electron chi connectivity index (χ3n) is 3.34. The summed E-state index contributed by atoms with van der Waals surface area (Å²) >= 11 is 0. The molecule has 0 aliphatic rings. The van der Waals surface area contributed by atoms with Crippen LogP contribution in [-0.4, -0.2) is 6.04 Å². The minimum Gasteiger partial charge on any atom is -0.294 e. The van der Waals surface area contributed by atoms with Crippen molar-refractivity contribution in [2.75, 3.05) is 0 Å². The Balaban J connectivity index is 2.42. The molecule has 18 heavy (non-hydrogen) atoms. The summed E-state index contributed by atoms with van der Waals surface area (Å²) in [5.41, 5.74) is 4.46. The molecule has 1 N–H and O–H groups in total. The number of unbranched alkanes of at least 4 members (excludes halogenated alkanes) is 1. The predicted octanol–water partition coefficient (Wildman–Crippen LogP) is 4.48. The summed E-state index contributed by atoms with van der Waals surface area (Å²) in [5.74, 6) is 0.597. The van der Waals surface area contributed by atoms with Crippen molar-refractivity contribution < 1.29 is 4.84 Å². The molecule has 0 bridgehead atoms. The molecule has 0 saturated heterocycles. The molecule has 1 aromatic carbocycles. The van der Waals surface area contributed by atoms with Gasteiger partial charge in [0.2, 0.25) is 0 Å². The molecule has 0 spiro atoms. The van der Waals surface area contributed by atoms with Gasteiger partial charge < -0.3 is 0 Å². The Bertz CT molecular complexity index is 310. The molecule has 1 aromatic rings. The first kappa shape index (κ1) is 15.2. The highest BCUT2D eigenvalue weighted by Gasteiger charge is 2.14. The van der Waals surface area contributed by atoms with Gasteiger partial charge in [0.1, 0.15) is 6.10 Å². The zero-order valence-corrected chi connectivity index (χ0v) is 12.1. The van der Waals surface area contributed by atoms with E-state index in [9.17, 15) is 0 Å². The standard InChI is InChI=1S/C16H27NO/c1-5-6-12-16(13(2)3)17-18-14(4)15-10-8-7-9-11-15/h7-11,13-14,16-17H,5-6,12H2,1-4H3. The number of hydrogen-bond acceptors (Lipinski definition) is 2. The van der Waals surface area contributed by atoms with E-state index >= 15 is 0 Å². The summed E-state index contributed by atoms with van der Waals surface area (Å²) in [6.45, 7) is 8.79. The molecule has 0 aromatic heterocycles. The van der Waals surface area contributed by atoms with Crippen LogP contribution in [0.3, 0.4) is 0 Å². The molecule has 0 saturated carbocycles. The molecule has 2 atom stereocenters. The molecular formula is C16H27NO. The Morgan fingerprint density at radius 1 is 1.11 bits per heavy atom. The first-order chi connectivity index (χ1) is 8.65. The topological polar surface area (TPSA) is 21.3 Å². The van der Waals surface area contributed by atoms with Gasteiger partial charge in [-0.2, -0.15) is 5.48 Å². The highest BCUT2D eigenvalue weighted by atomic mass is 16.7.